The first-order valence-corrected chi connectivity index (χ1v) is 14.9. The number of rotatable bonds is 17. The standard InChI is InChI=1S/C26H46N2O7S2/c1-9-16(29)12-26(7,8)35-15-25(5,6)23(34)27-17(21(30)31)13-36-19-10-11-20(19)37-14-18(22(32)33)28-24(2,3)4/h17-20,28H,9-15H2,1-8H3,(H,27,34)(H,30,31)(H,32,33). The average molecular weight is 563 g/mol. The largest absolute Gasteiger partial charge is 0.480 e. The number of ketones is 1. The van der Waals surface area contributed by atoms with Crippen LogP contribution in [0.15, 0.2) is 0 Å². The molecule has 0 aliphatic heterocycles. The van der Waals surface area contributed by atoms with Gasteiger partial charge < -0.3 is 20.3 Å². The van der Waals surface area contributed by atoms with Crippen LogP contribution in [0.5, 0.6) is 0 Å². The molecule has 11 heteroatoms. The topological polar surface area (TPSA) is 142 Å². The molecule has 4 N–H and O–H groups in total. The third kappa shape index (κ3) is 12.4. The van der Waals surface area contributed by atoms with Crippen LogP contribution < -0.4 is 10.6 Å². The number of carboxylic acids is 2. The molecular weight excluding hydrogens is 516 g/mol. The number of ether oxygens (including phenoxy) is 1. The predicted octanol–water partition coefficient (Wildman–Crippen LogP) is 3.59. The van der Waals surface area contributed by atoms with Gasteiger partial charge in [0.2, 0.25) is 5.91 Å². The maximum absolute atomic E-state index is 12.9. The number of hydrogen-bond acceptors (Lipinski definition) is 8. The zero-order valence-electron chi connectivity index (χ0n) is 23.5. The first kappa shape index (κ1) is 33.7. The van der Waals surface area contributed by atoms with Crippen molar-refractivity contribution in [2.75, 3.05) is 18.1 Å². The fraction of sp³-hybridized carbons (Fsp3) is 0.846. The predicted molar refractivity (Wildman–Crippen MR) is 149 cm³/mol. The Hall–Kier alpha value is -1.30. The van der Waals surface area contributed by atoms with E-state index in [1.807, 2.05) is 20.8 Å². The second kappa shape index (κ2) is 14.2. The summed E-state index contributed by atoms with van der Waals surface area (Å²) in [5.74, 6) is -1.68. The average Bonchev–Trinajstić information content (AvgIpc) is 2.74. The van der Waals surface area contributed by atoms with E-state index in [1.54, 1.807) is 46.4 Å². The Balaban J connectivity index is 2.61. The van der Waals surface area contributed by atoms with Gasteiger partial charge >= 0.3 is 11.9 Å². The molecule has 1 aliphatic rings. The summed E-state index contributed by atoms with van der Waals surface area (Å²) >= 11 is 3.11. The van der Waals surface area contributed by atoms with Crippen LogP contribution in [0.25, 0.3) is 0 Å². The number of nitrogens with one attached hydrogen (secondary N) is 2. The summed E-state index contributed by atoms with van der Waals surface area (Å²) < 4.78 is 5.88. The molecule has 9 nitrogen and oxygen atoms in total. The normalized spacial score (nSPS) is 20.0. The van der Waals surface area contributed by atoms with Crippen LogP contribution in [0.1, 0.15) is 81.1 Å². The van der Waals surface area contributed by atoms with E-state index in [0.717, 1.165) is 12.8 Å². The van der Waals surface area contributed by atoms with E-state index in [-0.39, 0.29) is 40.6 Å². The number of carbonyl (C=O) groups excluding carboxylic acids is 2. The monoisotopic (exact) mass is 562 g/mol. The molecular formula is C26H46N2O7S2. The van der Waals surface area contributed by atoms with Crippen molar-refractivity contribution in [1.29, 1.82) is 0 Å². The molecule has 0 aromatic heterocycles. The highest BCUT2D eigenvalue weighted by molar-refractivity contribution is 8.04. The molecule has 0 saturated heterocycles. The summed E-state index contributed by atoms with van der Waals surface area (Å²) in [6.07, 6.45) is 2.55. The molecule has 0 radical (unpaired) electrons. The Morgan fingerprint density at radius 2 is 1.38 bits per heavy atom. The van der Waals surface area contributed by atoms with Crippen molar-refractivity contribution >= 4 is 47.2 Å². The summed E-state index contributed by atoms with van der Waals surface area (Å²) in [5.41, 5.74) is -2.01. The van der Waals surface area contributed by atoms with Crippen LogP contribution in [-0.2, 0) is 23.9 Å². The molecule has 1 amide bonds. The summed E-state index contributed by atoms with van der Waals surface area (Å²) in [4.78, 5) is 48.2. The van der Waals surface area contributed by atoms with E-state index in [2.05, 4.69) is 10.6 Å². The van der Waals surface area contributed by atoms with Crippen molar-refractivity contribution < 1.29 is 34.1 Å². The molecule has 1 rings (SSSR count). The van der Waals surface area contributed by atoms with Gasteiger partial charge in [-0.3, -0.25) is 19.7 Å². The first-order chi connectivity index (χ1) is 16.9. The van der Waals surface area contributed by atoms with Crippen LogP contribution >= 0.6 is 23.5 Å². The summed E-state index contributed by atoms with van der Waals surface area (Å²) in [6.45, 7) is 14.6. The van der Waals surface area contributed by atoms with Gasteiger partial charge in [0.15, 0.2) is 0 Å². The quantitative estimate of drug-likeness (QED) is 0.208. The van der Waals surface area contributed by atoms with E-state index >= 15 is 0 Å². The van der Waals surface area contributed by atoms with Gasteiger partial charge in [0.05, 0.1) is 17.6 Å². The highest BCUT2D eigenvalue weighted by atomic mass is 32.2. The number of amides is 1. The van der Waals surface area contributed by atoms with Gasteiger partial charge in [-0.1, -0.05) is 6.92 Å². The Kier molecular flexibility index (Phi) is 12.9. The van der Waals surface area contributed by atoms with Crippen molar-refractivity contribution in [1.82, 2.24) is 10.6 Å². The second-order valence-electron chi connectivity index (χ2n) is 12.0. The smallest absolute Gasteiger partial charge is 0.327 e. The molecule has 4 atom stereocenters. The zero-order valence-corrected chi connectivity index (χ0v) is 25.1. The number of Topliss-reactive ketones (excluding diaryl/α,β-unsaturated/α-hetero) is 1. The molecule has 0 spiro atoms. The van der Waals surface area contributed by atoms with E-state index in [4.69, 9.17) is 4.74 Å². The third-order valence-corrected chi connectivity index (χ3v) is 9.28. The lowest BCUT2D eigenvalue weighted by Crippen LogP contribution is -2.50. The zero-order chi connectivity index (χ0) is 28.6. The Morgan fingerprint density at radius 3 is 1.78 bits per heavy atom. The van der Waals surface area contributed by atoms with Crippen molar-refractivity contribution in [3.05, 3.63) is 0 Å². The van der Waals surface area contributed by atoms with Crippen molar-refractivity contribution in [3.8, 4) is 0 Å². The van der Waals surface area contributed by atoms with Crippen LogP contribution in [-0.4, -0.2) is 85.7 Å². The Morgan fingerprint density at radius 1 is 0.892 bits per heavy atom. The number of thioether (sulfide) groups is 2. The summed E-state index contributed by atoms with van der Waals surface area (Å²) in [6, 6.07) is -1.70. The van der Waals surface area contributed by atoms with E-state index in [1.165, 1.54) is 11.8 Å². The molecule has 0 bridgehead atoms. The van der Waals surface area contributed by atoms with Gasteiger partial charge in [-0.25, -0.2) is 4.79 Å². The van der Waals surface area contributed by atoms with Crippen molar-refractivity contribution in [2.24, 2.45) is 5.41 Å². The minimum Gasteiger partial charge on any atom is -0.480 e. The third-order valence-electron chi connectivity index (χ3n) is 6.07. The van der Waals surface area contributed by atoms with Gasteiger partial charge in [-0.15, -0.1) is 0 Å². The SMILES string of the molecule is CCC(=O)CC(C)(C)OCC(C)(C)C(=O)NC(CSC1CCC1SCC(NC(C)(C)C)C(=O)O)C(=O)O. The van der Waals surface area contributed by atoms with Gasteiger partial charge in [0, 0.05) is 40.4 Å². The van der Waals surface area contributed by atoms with Gasteiger partial charge in [0.25, 0.3) is 0 Å². The minimum absolute atomic E-state index is 0.0526. The molecule has 1 aliphatic carbocycles. The lowest BCUT2D eigenvalue weighted by atomic mass is 9.92. The van der Waals surface area contributed by atoms with Gasteiger partial charge in [-0.2, -0.15) is 23.5 Å². The van der Waals surface area contributed by atoms with E-state index in [9.17, 15) is 29.4 Å². The molecule has 1 fully saturated rings. The molecule has 214 valence electrons. The highest BCUT2D eigenvalue weighted by Crippen LogP contribution is 2.40. The number of carboxylic acid groups (broad SMARTS) is 2. The van der Waals surface area contributed by atoms with Gasteiger partial charge in [0.1, 0.15) is 17.9 Å². The van der Waals surface area contributed by atoms with Crippen molar-refractivity contribution in [3.63, 3.8) is 0 Å². The van der Waals surface area contributed by atoms with E-state index in [0.29, 0.717) is 12.2 Å². The maximum Gasteiger partial charge on any atom is 0.327 e. The Bertz CT molecular complexity index is 811. The number of aliphatic carboxylic acids is 2. The number of hydrogen-bond donors (Lipinski definition) is 4. The minimum atomic E-state index is -1.10. The molecule has 37 heavy (non-hydrogen) atoms. The Labute approximate surface area is 230 Å². The summed E-state index contributed by atoms with van der Waals surface area (Å²) in [5, 5.41) is 25.5. The molecule has 0 heterocycles. The highest BCUT2D eigenvalue weighted by Gasteiger charge is 2.37. The van der Waals surface area contributed by atoms with Crippen LogP contribution in [0, 0.1) is 5.41 Å². The van der Waals surface area contributed by atoms with Crippen LogP contribution in [0.2, 0.25) is 0 Å². The van der Waals surface area contributed by atoms with E-state index < -0.39 is 40.9 Å². The maximum atomic E-state index is 12.9. The first-order valence-electron chi connectivity index (χ1n) is 12.8. The van der Waals surface area contributed by atoms with Crippen molar-refractivity contribution in [2.45, 2.75) is 115 Å². The van der Waals surface area contributed by atoms with Gasteiger partial charge in [-0.05, 0) is 61.3 Å². The molecule has 1 saturated carbocycles. The fourth-order valence-electron chi connectivity index (χ4n) is 3.58. The molecule has 0 aromatic rings. The lowest BCUT2D eigenvalue weighted by molar-refractivity contribution is -0.146. The second-order valence-corrected chi connectivity index (χ2v) is 14.5. The molecule has 0 aromatic carbocycles. The van der Waals surface area contributed by atoms with Crippen LogP contribution in [0.3, 0.4) is 0 Å². The molecule has 4 unspecified atom stereocenters. The fourth-order valence-corrected chi connectivity index (χ4v) is 6.69. The summed E-state index contributed by atoms with van der Waals surface area (Å²) in [7, 11) is 0. The lowest BCUT2D eigenvalue weighted by Gasteiger charge is -2.37. The number of carbonyl (C=O) groups is 4. The van der Waals surface area contributed by atoms with Crippen LogP contribution in [0.4, 0.5) is 0 Å².